The van der Waals surface area contributed by atoms with Crippen LogP contribution in [-0.2, 0) is 16.5 Å². The first-order chi connectivity index (χ1) is 10.0. The minimum Gasteiger partial charge on any atom is -0.396 e. The van der Waals surface area contributed by atoms with Crippen molar-refractivity contribution in [2.24, 2.45) is 0 Å². The summed E-state index contributed by atoms with van der Waals surface area (Å²) < 4.78 is 55.4. The molecule has 0 aliphatic rings. The van der Waals surface area contributed by atoms with Crippen molar-refractivity contribution < 1.29 is 22.5 Å². The summed E-state index contributed by atoms with van der Waals surface area (Å²) in [5.41, 5.74) is -2.93. The van der Waals surface area contributed by atoms with Crippen molar-refractivity contribution in [2.75, 3.05) is 6.61 Å². The van der Waals surface area contributed by atoms with Crippen molar-refractivity contribution >= 4 is 26.9 Å². The quantitative estimate of drug-likeness (QED) is 0.719. The van der Waals surface area contributed by atoms with E-state index in [2.05, 4.69) is 25.6 Å². The highest BCUT2D eigenvalue weighted by molar-refractivity contribution is 9.10. The first kappa shape index (κ1) is 19.5. The SMILES string of the molecule is CC(C)(C)[S@](=O)N[C@](CCO)(c1nc(Br)ccc1F)C(F)F. The van der Waals surface area contributed by atoms with Crippen LogP contribution in [0.25, 0.3) is 0 Å². The molecule has 0 radical (unpaired) electrons. The molecule has 2 N–H and O–H groups in total. The summed E-state index contributed by atoms with van der Waals surface area (Å²) in [7, 11) is -1.91. The molecule has 0 aromatic carbocycles. The molecule has 0 amide bonds. The topological polar surface area (TPSA) is 62.2 Å². The Hall–Kier alpha value is -0.510. The Morgan fingerprint density at radius 2 is 2.00 bits per heavy atom. The molecular formula is C13H18BrF3N2O2S. The Bertz CT molecular complexity index is 555. The van der Waals surface area contributed by atoms with Gasteiger partial charge in [0.1, 0.15) is 21.7 Å². The summed E-state index contributed by atoms with van der Waals surface area (Å²) in [4.78, 5) is 3.77. The second kappa shape index (κ2) is 7.37. The molecule has 1 aromatic rings. The van der Waals surface area contributed by atoms with Gasteiger partial charge in [-0.1, -0.05) is 0 Å². The molecule has 0 bridgehead atoms. The lowest BCUT2D eigenvalue weighted by atomic mass is 9.92. The molecule has 0 saturated carbocycles. The highest BCUT2D eigenvalue weighted by atomic mass is 79.9. The standard InChI is InChI=1S/C13H18BrF3N2O2S/c1-12(2,3)22(21)19-13(6-7-20,11(16)17)10-8(15)4-5-9(14)18-10/h4-5,11,19-20H,6-7H2,1-3H3/t13-,22+/m1/s1. The molecule has 9 heteroatoms. The van der Waals surface area contributed by atoms with Crippen LogP contribution in [0.1, 0.15) is 32.9 Å². The molecule has 0 unspecified atom stereocenters. The number of rotatable bonds is 6. The molecule has 126 valence electrons. The van der Waals surface area contributed by atoms with E-state index in [0.717, 1.165) is 6.07 Å². The van der Waals surface area contributed by atoms with E-state index in [4.69, 9.17) is 5.11 Å². The smallest absolute Gasteiger partial charge is 0.263 e. The lowest BCUT2D eigenvalue weighted by molar-refractivity contribution is 0.0212. The minimum absolute atomic E-state index is 0.162. The summed E-state index contributed by atoms with van der Waals surface area (Å²) >= 11 is 3.01. The number of hydrogen-bond donors (Lipinski definition) is 2. The van der Waals surface area contributed by atoms with Crippen LogP contribution < -0.4 is 4.72 Å². The van der Waals surface area contributed by atoms with Gasteiger partial charge in [-0.15, -0.1) is 0 Å². The van der Waals surface area contributed by atoms with Crippen molar-refractivity contribution in [3.63, 3.8) is 0 Å². The number of hydrogen-bond acceptors (Lipinski definition) is 3. The third-order valence-corrected chi connectivity index (χ3v) is 5.05. The van der Waals surface area contributed by atoms with E-state index >= 15 is 0 Å². The summed E-state index contributed by atoms with van der Waals surface area (Å²) in [6, 6.07) is 2.26. The highest BCUT2D eigenvalue weighted by Crippen LogP contribution is 2.34. The second-order valence-corrected chi connectivity index (χ2v) is 8.47. The molecule has 22 heavy (non-hydrogen) atoms. The molecule has 1 aromatic heterocycles. The molecule has 1 heterocycles. The minimum atomic E-state index is -3.12. The maximum Gasteiger partial charge on any atom is 0.263 e. The van der Waals surface area contributed by atoms with Crippen LogP contribution in [0, 0.1) is 5.82 Å². The average molecular weight is 403 g/mol. The summed E-state index contributed by atoms with van der Waals surface area (Å²) in [5.74, 6) is -0.963. The van der Waals surface area contributed by atoms with Gasteiger partial charge in [0.05, 0.1) is 15.7 Å². The lowest BCUT2D eigenvalue weighted by Crippen LogP contribution is -2.54. The first-order valence-electron chi connectivity index (χ1n) is 6.46. The maximum atomic E-state index is 14.1. The molecule has 1 rings (SSSR count). The van der Waals surface area contributed by atoms with E-state index in [0.29, 0.717) is 0 Å². The Labute approximate surface area is 138 Å². The number of nitrogens with one attached hydrogen (secondary N) is 1. The Morgan fingerprint density at radius 3 is 2.45 bits per heavy atom. The van der Waals surface area contributed by atoms with E-state index in [1.54, 1.807) is 20.8 Å². The first-order valence-corrected chi connectivity index (χ1v) is 8.40. The molecule has 0 spiro atoms. The van der Waals surface area contributed by atoms with Crippen LogP contribution in [-0.4, -0.2) is 32.1 Å². The Morgan fingerprint density at radius 1 is 1.41 bits per heavy atom. The summed E-state index contributed by atoms with van der Waals surface area (Å²) in [6.07, 6.45) is -3.66. The van der Waals surface area contributed by atoms with Gasteiger partial charge >= 0.3 is 0 Å². The third kappa shape index (κ3) is 4.27. The Balaban J connectivity index is 3.45. The second-order valence-electron chi connectivity index (χ2n) is 5.69. The summed E-state index contributed by atoms with van der Waals surface area (Å²) in [6.45, 7) is 4.13. The van der Waals surface area contributed by atoms with Gasteiger partial charge in [-0.3, -0.25) is 0 Å². The zero-order valence-electron chi connectivity index (χ0n) is 12.4. The van der Waals surface area contributed by atoms with Crippen LogP contribution in [0.15, 0.2) is 16.7 Å². The fourth-order valence-corrected chi connectivity index (χ4v) is 2.94. The average Bonchev–Trinajstić information content (AvgIpc) is 2.39. The predicted octanol–water partition coefficient (Wildman–Crippen LogP) is 2.88. The molecular weight excluding hydrogens is 385 g/mol. The molecule has 0 saturated heterocycles. The van der Waals surface area contributed by atoms with Crippen molar-refractivity contribution in [1.82, 2.24) is 9.71 Å². The predicted molar refractivity (Wildman–Crippen MR) is 82.3 cm³/mol. The van der Waals surface area contributed by atoms with Gasteiger partial charge in [0, 0.05) is 13.0 Å². The van der Waals surface area contributed by atoms with E-state index < -0.39 is 52.2 Å². The number of nitrogens with zero attached hydrogens (tertiary/aromatic N) is 1. The largest absolute Gasteiger partial charge is 0.396 e. The fourth-order valence-electron chi connectivity index (χ4n) is 1.70. The van der Waals surface area contributed by atoms with Gasteiger partial charge in [-0.05, 0) is 48.8 Å². The molecule has 0 fully saturated rings. The fraction of sp³-hybridized carbons (Fsp3) is 0.615. The van der Waals surface area contributed by atoms with Crippen molar-refractivity contribution in [1.29, 1.82) is 0 Å². The molecule has 4 nitrogen and oxygen atoms in total. The number of aromatic nitrogens is 1. The lowest BCUT2D eigenvalue weighted by Gasteiger charge is -2.35. The van der Waals surface area contributed by atoms with Gasteiger partial charge in [0.15, 0.2) is 0 Å². The van der Waals surface area contributed by atoms with Gasteiger partial charge in [0.25, 0.3) is 6.43 Å². The van der Waals surface area contributed by atoms with E-state index in [9.17, 15) is 17.4 Å². The molecule has 0 aliphatic heterocycles. The van der Waals surface area contributed by atoms with Crippen LogP contribution in [0.5, 0.6) is 0 Å². The number of aliphatic hydroxyl groups is 1. The number of alkyl halides is 2. The maximum absolute atomic E-state index is 14.1. The van der Waals surface area contributed by atoms with E-state index in [-0.39, 0.29) is 4.60 Å². The number of aliphatic hydroxyl groups excluding tert-OH is 1. The third-order valence-electron chi connectivity index (χ3n) is 2.94. The number of pyridine rings is 1. The summed E-state index contributed by atoms with van der Waals surface area (Å²) in [5, 5.41) is 9.15. The molecule has 2 atom stereocenters. The van der Waals surface area contributed by atoms with Gasteiger partial charge in [-0.2, -0.15) is 0 Å². The van der Waals surface area contributed by atoms with E-state index in [1.165, 1.54) is 6.07 Å². The number of halogens is 4. The molecule has 0 aliphatic carbocycles. The van der Waals surface area contributed by atoms with Crippen molar-refractivity contribution in [3.8, 4) is 0 Å². The van der Waals surface area contributed by atoms with Gasteiger partial charge in [0.2, 0.25) is 0 Å². The monoisotopic (exact) mass is 402 g/mol. The highest BCUT2D eigenvalue weighted by Gasteiger charge is 2.47. The van der Waals surface area contributed by atoms with Crippen LogP contribution in [0.2, 0.25) is 0 Å². The van der Waals surface area contributed by atoms with E-state index in [1.807, 2.05) is 0 Å². The van der Waals surface area contributed by atoms with Crippen LogP contribution in [0.3, 0.4) is 0 Å². The van der Waals surface area contributed by atoms with Crippen molar-refractivity contribution in [3.05, 3.63) is 28.2 Å². The van der Waals surface area contributed by atoms with Crippen LogP contribution in [0.4, 0.5) is 13.2 Å². The zero-order chi connectivity index (χ0) is 17.1. The Kier molecular flexibility index (Phi) is 6.55. The van der Waals surface area contributed by atoms with Gasteiger partial charge in [-0.25, -0.2) is 27.1 Å². The normalized spacial score (nSPS) is 16.6. The zero-order valence-corrected chi connectivity index (χ0v) is 14.8. The van der Waals surface area contributed by atoms with Crippen LogP contribution >= 0.6 is 15.9 Å². The van der Waals surface area contributed by atoms with Crippen molar-refractivity contribution in [2.45, 2.75) is 43.9 Å². The van der Waals surface area contributed by atoms with Gasteiger partial charge < -0.3 is 5.11 Å².